The molecule has 2 rings (SSSR count). The van der Waals surface area contributed by atoms with Crippen molar-refractivity contribution in [1.82, 2.24) is 10.4 Å². The molecule has 1 aromatic carbocycles. The van der Waals surface area contributed by atoms with Crippen molar-refractivity contribution in [2.45, 2.75) is 12.5 Å². The Morgan fingerprint density at radius 1 is 1.32 bits per heavy atom. The van der Waals surface area contributed by atoms with E-state index < -0.39 is 0 Å². The number of aromatic nitrogens is 1. The van der Waals surface area contributed by atoms with Gasteiger partial charge in [-0.1, -0.05) is 12.1 Å². The molecule has 1 unspecified atom stereocenters. The van der Waals surface area contributed by atoms with Gasteiger partial charge in [-0.15, -0.1) is 0 Å². The zero-order valence-corrected chi connectivity index (χ0v) is 13.1. The highest BCUT2D eigenvalue weighted by Gasteiger charge is 2.16. The van der Waals surface area contributed by atoms with Crippen LogP contribution in [0.25, 0.3) is 0 Å². The van der Waals surface area contributed by atoms with Crippen LogP contribution in [0.5, 0.6) is 0 Å². The van der Waals surface area contributed by atoms with Gasteiger partial charge in [0.2, 0.25) is 0 Å². The monoisotopic (exact) mass is 387 g/mol. The number of nitrogens with zero attached hydrogens (tertiary/aromatic N) is 1. The number of halogens is 3. The standard InChI is InChI=1S/C13H12Br2FN3/c14-9-4-8(6-18-7-9)5-12(19-17)10-2-1-3-11(16)13(10)15/h1-4,6-7,12,19H,5,17H2. The lowest BCUT2D eigenvalue weighted by Gasteiger charge is -2.18. The second-order valence-electron chi connectivity index (χ2n) is 4.08. The number of benzene rings is 1. The lowest BCUT2D eigenvalue weighted by Crippen LogP contribution is -2.30. The summed E-state index contributed by atoms with van der Waals surface area (Å²) >= 11 is 6.63. The van der Waals surface area contributed by atoms with Crippen molar-refractivity contribution in [3.05, 3.63) is 62.5 Å². The highest BCUT2D eigenvalue weighted by atomic mass is 79.9. The topological polar surface area (TPSA) is 50.9 Å². The van der Waals surface area contributed by atoms with E-state index in [9.17, 15) is 4.39 Å². The third kappa shape index (κ3) is 3.60. The summed E-state index contributed by atoms with van der Waals surface area (Å²) in [7, 11) is 0. The molecule has 100 valence electrons. The van der Waals surface area contributed by atoms with E-state index >= 15 is 0 Å². The molecule has 0 fully saturated rings. The van der Waals surface area contributed by atoms with E-state index in [-0.39, 0.29) is 11.9 Å². The Kier molecular flexibility index (Phi) is 5.04. The van der Waals surface area contributed by atoms with E-state index in [1.54, 1.807) is 18.5 Å². The van der Waals surface area contributed by atoms with Crippen molar-refractivity contribution < 1.29 is 4.39 Å². The number of rotatable bonds is 4. The van der Waals surface area contributed by atoms with Crippen molar-refractivity contribution in [3.63, 3.8) is 0 Å². The summed E-state index contributed by atoms with van der Waals surface area (Å²) in [5, 5.41) is 0. The van der Waals surface area contributed by atoms with E-state index in [0.29, 0.717) is 10.9 Å². The number of hydrogen-bond donors (Lipinski definition) is 2. The van der Waals surface area contributed by atoms with Crippen molar-refractivity contribution >= 4 is 31.9 Å². The zero-order valence-electron chi connectivity index (χ0n) is 9.91. The summed E-state index contributed by atoms with van der Waals surface area (Å²) in [5.41, 5.74) is 4.50. The van der Waals surface area contributed by atoms with Crippen LogP contribution in [-0.4, -0.2) is 4.98 Å². The number of nitrogens with one attached hydrogen (secondary N) is 1. The molecule has 19 heavy (non-hydrogen) atoms. The van der Waals surface area contributed by atoms with Crippen molar-refractivity contribution in [1.29, 1.82) is 0 Å². The van der Waals surface area contributed by atoms with Gasteiger partial charge in [0.05, 0.1) is 10.5 Å². The molecule has 0 saturated carbocycles. The van der Waals surface area contributed by atoms with Crippen LogP contribution in [0.15, 0.2) is 45.6 Å². The molecule has 0 saturated heterocycles. The van der Waals surface area contributed by atoms with Gasteiger partial charge in [0.25, 0.3) is 0 Å². The average Bonchev–Trinajstić information content (AvgIpc) is 2.40. The Bertz CT molecular complexity index is 578. The van der Waals surface area contributed by atoms with Gasteiger partial charge in [0, 0.05) is 16.9 Å². The number of hydrogen-bond acceptors (Lipinski definition) is 3. The molecule has 0 spiro atoms. The van der Waals surface area contributed by atoms with Crippen LogP contribution in [0, 0.1) is 5.82 Å². The van der Waals surface area contributed by atoms with Gasteiger partial charge in [-0.05, 0) is 61.5 Å². The lowest BCUT2D eigenvalue weighted by atomic mass is 10.0. The van der Waals surface area contributed by atoms with Crippen LogP contribution in [-0.2, 0) is 6.42 Å². The summed E-state index contributed by atoms with van der Waals surface area (Å²) < 4.78 is 14.9. The van der Waals surface area contributed by atoms with Crippen LogP contribution >= 0.6 is 31.9 Å². The van der Waals surface area contributed by atoms with E-state index in [0.717, 1.165) is 15.6 Å². The fourth-order valence-corrected chi connectivity index (χ4v) is 2.80. The molecule has 0 aliphatic carbocycles. The largest absolute Gasteiger partial charge is 0.271 e. The van der Waals surface area contributed by atoms with Crippen molar-refractivity contribution in [2.75, 3.05) is 0 Å². The normalized spacial score (nSPS) is 12.4. The molecule has 3 nitrogen and oxygen atoms in total. The third-order valence-corrected chi connectivity index (χ3v) is 4.03. The average molecular weight is 389 g/mol. The SMILES string of the molecule is NNC(Cc1cncc(Br)c1)c1cccc(F)c1Br. The van der Waals surface area contributed by atoms with Gasteiger partial charge >= 0.3 is 0 Å². The smallest absolute Gasteiger partial charge is 0.137 e. The summed E-state index contributed by atoms with van der Waals surface area (Å²) in [6, 6.07) is 6.68. The Morgan fingerprint density at radius 2 is 2.11 bits per heavy atom. The Morgan fingerprint density at radius 3 is 2.79 bits per heavy atom. The first-order chi connectivity index (χ1) is 9.11. The first-order valence-corrected chi connectivity index (χ1v) is 7.20. The van der Waals surface area contributed by atoms with E-state index in [4.69, 9.17) is 5.84 Å². The van der Waals surface area contributed by atoms with Crippen LogP contribution in [0.4, 0.5) is 4.39 Å². The second-order valence-corrected chi connectivity index (χ2v) is 5.79. The summed E-state index contributed by atoms with van der Waals surface area (Å²) in [5.74, 6) is 5.28. The summed E-state index contributed by atoms with van der Waals surface area (Å²) in [6.07, 6.45) is 4.10. The Hall–Kier alpha value is -0.820. The zero-order chi connectivity index (χ0) is 13.8. The maximum Gasteiger partial charge on any atom is 0.137 e. The molecule has 0 bridgehead atoms. The number of hydrazine groups is 1. The molecule has 0 aliphatic heterocycles. The molecule has 3 N–H and O–H groups in total. The van der Waals surface area contributed by atoms with E-state index in [1.807, 2.05) is 12.1 Å². The second kappa shape index (κ2) is 6.56. The fraction of sp³-hybridized carbons (Fsp3) is 0.154. The van der Waals surface area contributed by atoms with E-state index in [2.05, 4.69) is 42.3 Å². The molecule has 0 radical (unpaired) electrons. The lowest BCUT2D eigenvalue weighted by molar-refractivity contribution is 0.539. The predicted octanol–water partition coefficient (Wildman–Crippen LogP) is 3.49. The van der Waals surface area contributed by atoms with Crippen molar-refractivity contribution in [3.8, 4) is 0 Å². The van der Waals surface area contributed by atoms with E-state index in [1.165, 1.54) is 6.07 Å². The molecular formula is C13H12Br2FN3. The predicted molar refractivity (Wildman–Crippen MR) is 79.8 cm³/mol. The van der Waals surface area contributed by atoms with Gasteiger partial charge in [0.15, 0.2) is 0 Å². The number of nitrogens with two attached hydrogens (primary N) is 1. The maximum atomic E-state index is 13.5. The van der Waals surface area contributed by atoms with Gasteiger partial charge in [-0.3, -0.25) is 16.3 Å². The van der Waals surface area contributed by atoms with Crippen LogP contribution in [0.1, 0.15) is 17.2 Å². The Labute approximate surface area is 127 Å². The quantitative estimate of drug-likeness (QED) is 0.622. The van der Waals surface area contributed by atoms with Gasteiger partial charge in [-0.2, -0.15) is 0 Å². The fourth-order valence-electron chi connectivity index (χ4n) is 1.85. The minimum Gasteiger partial charge on any atom is -0.271 e. The van der Waals surface area contributed by atoms with Gasteiger partial charge in [0.1, 0.15) is 5.82 Å². The minimum atomic E-state index is -0.301. The van der Waals surface area contributed by atoms with Crippen molar-refractivity contribution in [2.24, 2.45) is 5.84 Å². The molecular weight excluding hydrogens is 377 g/mol. The molecule has 2 aromatic rings. The summed E-state index contributed by atoms with van der Waals surface area (Å²) in [4.78, 5) is 4.10. The summed E-state index contributed by atoms with van der Waals surface area (Å²) in [6.45, 7) is 0. The molecule has 6 heteroatoms. The first-order valence-electron chi connectivity index (χ1n) is 5.61. The molecule has 0 amide bonds. The first kappa shape index (κ1) is 14.6. The molecule has 1 atom stereocenters. The van der Waals surface area contributed by atoms with Gasteiger partial charge in [-0.25, -0.2) is 4.39 Å². The molecule has 1 aromatic heterocycles. The Balaban J connectivity index is 2.28. The molecule has 0 aliphatic rings. The van der Waals surface area contributed by atoms with Crippen LogP contribution < -0.4 is 11.3 Å². The maximum absolute atomic E-state index is 13.5. The third-order valence-electron chi connectivity index (χ3n) is 2.76. The molecule has 1 heterocycles. The minimum absolute atomic E-state index is 0.193. The van der Waals surface area contributed by atoms with Gasteiger partial charge < -0.3 is 0 Å². The number of pyridine rings is 1. The highest BCUT2D eigenvalue weighted by Crippen LogP contribution is 2.28. The van der Waals surface area contributed by atoms with Crippen LogP contribution in [0.3, 0.4) is 0 Å². The highest BCUT2D eigenvalue weighted by molar-refractivity contribution is 9.10. The van der Waals surface area contributed by atoms with Crippen LogP contribution in [0.2, 0.25) is 0 Å².